The van der Waals surface area contributed by atoms with Crippen LogP contribution >= 0.6 is 0 Å². The minimum absolute atomic E-state index is 0.112. The molecule has 0 spiro atoms. The van der Waals surface area contributed by atoms with Crippen LogP contribution in [-0.2, 0) is 11.3 Å². The van der Waals surface area contributed by atoms with E-state index in [-0.39, 0.29) is 23.6 Å². The Bertz CT molecular complexity index is 1170. The highest BCUT2D eigenvalue weighted by molar-refractivity contribution is 6.12. The molecule has 3 aliphatic rings. The number of allylic oxidation sites excluding steroid dienone is 1. The lowest BCUT2D eigenvalue weighted by atomic mass is 9.88. The van der Waals surface area contributed by atoms with Crippen molar-refractivity contribution in [1.29, 1.82) is 0 Å². The van der Waals surface area contributed by atoms with Crippen LogP contribution in [0.15, 0.2) is 47.6 Å². The fourth-order valence-corrected chi connectivity index (χ4v) is 4.66. The van der Waals surface area contributed by atoms with Crippen molar-refractivity contribution in [3.05, 3.63) is 65.0 Å². The number of aryl methyl sites for hydroxylation is 1. The number of aliphatic imine (C=N–C) groups is 1. The van der Waals surface area contributed by atoms with Crippen molar-refractivity contribution in [2.45, 2.75) is 44.9 Å². The number of carbonyl (C=O) groups excluding carboxylic acids is 2. The Morgan fingerprint density at radius 1 is 1.32 bits per heavy atom. The fraction of sp³-hybridized carbons (Fsp3) is 0.385. The number of piperidine rings is 1. The normalized spacial score (nSPS) is 23.4. The van der Waals surface area contributed by atoms with E-state index >= 15 is 0 Å². The number of ether oxygens (including phenoxy) is 2. The summed E-state index contributed by atoms with van der Waals surface area (Å²) in [4.78, 5) is 35.3. The smallest absolute Gasteiger partial charge is 0.410 e. The number of rotatable bonds is 6. The molecule has 1 aromatic heterocycles. The van der Waals surface area contributed by atoms with Gasteiger partial charge in [-0.2, -0.15) is 0 Å². The summed E-state index contributed by atoms with van der Waals surface area (Å²) in [5.41, 5.74) is 3.85. The molecule has 0 saturated carbocycles. The number of aromatic nitrogens is 1. The second-order valence-electron chi connectivity index (χ2n) is 9.32. The number of hydrogen-bond donors (Lipinski definition) is 1. The third-order valence-electron chi connectivity index (χ3n) is 6.64. The Morgan fingerprint density at radius 3 is 2.91 bits per heavy atom. The van der Waals surface area contributed by atoms with E-state index in [2.05, 4.69) is 15.3 Å². The number of pyridine rings is 1. The van der Waals surface area contributed by atoms with Crippen molar-refractivity contribution in [3.8, 4) is 5.75 Å². The first kappa shape index (κ1) is 22.1. The van der Waals surface area contributed by atoms with Gasteiger partial charge < -0.3 is 14.8 Å². The lowest BCUT2D eigenvalue weighted by molar-refractivity contribution is 0.0463. The molecule has 4 heterocycles. The zero-order valence-electron chi connectivity index (χ0n) is 19.4. The molecular weight excluding hydrogens is 432 g/mol. The van der Waals surface area contributed by atoms with Gasteiger partial charge >= 0.3 is 6.09 Å². The van der Waals surface area contributed by atoms with Crippen molar-refractivity contribution >= 4 is 23.8 Å². The molecule has 2 aromatic rings. The van der Waals surface area contributed by atoms with Gasteiger partial charge in [-0.15, -0.1) is 0 Å². The van der Waals surface area contributed by atoms with Crippen LogP contribution in [-0.4, -0.2) is 59.4 Å². The predicted octanol–water partition coefficient (Wildman–Crippen LogP) is 3.54. The summed E-state index contributed by atoms with van der Waals surface area (Å²) in [5, 5.41) is 2.94. The Morgan fingerprint density at radius 2 is 2.15 bits per heavy atom. The molecule has 8 heteroatoms. The van der Waals surface area contributed by atoms with E-state index in [1.165, 1.54) is 5.56 Å². The Kier molecular flexibility index (Phi) is 5.81. The number of nitrogens with zero attached hydrogens (tertiary/aromatic N) is 3. The predicted molar refractivity (Wildman–Crippen MR) is 128 cm³/mol. The highest BCUT2D eigenvalue weighted by atomic mass is 16.6. The van der Waals surface area contributed by atoms with Crippen LogP contribution in [0.25, 0.3) is 5.57 Å². The number of benzene rings is 1. The van der Waals surface area contributed by atoms with E-state index in [0.29, 0.717) is 50.5 Å². The minimum atomic E-state index is -0.379. The summed E-state index contributed by atoms with van der Waals surface area (Å²) in [6.45, 7) is 6.03. The molecule has 8 nitrogen and oxygen atoms in total. The van der Waals surface area contributed by atoms with Crippen molar-refractivity contribution in [2.75, 3.05) is 19.7 Å². The number of amides is 2. The third-order valence-corrected chi connectivity index (χ3v) is 6.64. The van der Waals surface area contributed by atoms with Gasteiger partial charge in [0.05, 0.1) is 12.1 Å². The Hall–Kier alpha value is -3.68. The molecule has 2 saturated heterocycles. The fourth-order valence-electron chi connectivity index (χ4n) is 4.66. The zero-order chi connectivity index (χ0) is 23.7. The molecule has 2 atom stereocenters. The van der Waals surface area contributed by atoms with Gasteiger partial charge in [0.15, 0.2) is 0 Å². The van der Waals surface area contributed by atoms with Crippen LogP contribution in [0, 0.1) is 6.92 Å². The van der Waals surface area contributed by atoms with Gasteiger partial charge in [0.1, 0.15) is 24.2 Å². The van der Waals surface area contributed by atoms with Crippen LogP contribution < -0.4 is 10.1 Å². The first-order chi connectivity index (χ1) is 16.4. The summed E-state index contributed by atoms with van der Waals surface area (Å²) in [5.74, 6) is 0.338. The maximum Gasteiger partial charge on any atom is 0.410 e. The van der Waals surface area contributed by atoms with Crippen molar-refractivity contribution in [3.63, 3.8) is 0 Å². The molecule has 1 N–H and O–H groups in total. The SMILES string of the molecule is Cc1ccc(CNC(=O)c2cc(OC3CCN4C(=O)OCC4(C)C3)c(C3=CCN=C3)cn2)cc1. The molecule has 0 aliphatic carbocycles. The molecule has 2 unspecified atom stereocenters. The van der Waals surface area contributed by atoms with Crippen LogP contribution in [0.5, 0.6) is 5.75 Å². The summed E-state index contributed by atoms with van der Waals surface area (Å²) < 4.78 is 11.7. The summed E-state index contributed by atoms with van der Waals surface area (Å²) in [7, 11) is 0. The van der Waals surface area contributed by atoms with Gasteiger partial charge in [-0.3, -0.25) is 19.7 Å². The van der Waals surface area contributed by atoms with Gasteiger partial charge in [-0.05, 0) is 19.4 Å². The van der Waals surface area contributed by atoms with E-state index in [9.17, 15) is 9.59 Å². The second-order valence-corrected chi connectivity index (χ2v) is 9.32. The molecule has 1 aromatic carbocycles. The quantitative estimate of drug-likeness (QED) is 0.712. The highest BCUT2D eigenvalue weighted by Crippen LogP contribution is 2.37. The van der Waals surface area contributed by atoms with Gasteiger partial charge in [-0.1, -0.05) is 35.9 Å². The number of carbonyl (C=O) groups is 2. The van der Waals surface area contributed by atoms with Crippen molar-refractivity contribution < 1.29 is 19.1 Å². The average molecular weight is 461 g/mol. The summed E-state index contributed by atoms with van der Waals surface area (Å²) >= 11 is 0. The molecule has 176 valence electrons. The molecule has 5 rings (SSSR count). The van der Waals surface area contributed by atoms with Crippen LogP contribution in [0.1, 0.15) is 46.9 Å². The minimum Gasteiger partial charge on any atom is -0.489 e. The first-order valence-corrected chi connectivity index (χ1v) is 11.6. The molecule has 34 heavy (non-hydrogen) atoms. The van der Waals surface area contributed by atoms with Crippen LogP contribution in [0.2, 0.25) is 0 Å². The Balaban J connectivity index is 1.35. The van der Waals surface area contributed by atoms with Gasteiger partial charge in [0, 0.05) is 55.5 Å². The van der Waals surface area contributed by atoms with Gasteiger partial charge in [0.25, 0.3) is 5.91 Å². The van der Waals surface area contributed by atoms with Crippen LogP contribution in [0.4, 0.5) is 4.79 Å². The molecule has 2 amide bonds. The molecule has 0 radical (unpaired) electrons. The van der Waals surface area contributed by atoms with Gasteiger partial charge in [0.2, 0.25) is 0 Å². The standard InChI is InChI=1S/C26H28N4O4/c1-17-3-5-18(6-4-17)13-29-24(31)22-11-23(21(15-28-22)19-7-9-27-14-19)34-20-8-10-30-25(32)33-16-26(30,2)12-20/h3-7,11,14-15,20H,8-10,12-13,16H2,1-2H3,(H,29,31). The Labute approximate surface area is 198 Å². The third kappa shape index (κ3) is 4.40. The lowest BCUT2D eigenvalue weighted by Gasteiger charge is -2.40. The number of nitrogens with one attached hydrogen (secondary N) is 1. The van der Waals surface area contributed by atoms with E-state index in [0.717, 1.165) is 16.7 Å². The molecule has 2 fully saturated rings. The lowest BCUT2D eigenvalue weighted by Crippen LogP contribution is -2.53. The molecule has 0 bridgehead atoms. The van der Waals surface area contributed by atoms with Crippen molar-refractivity contribution in [1.82, 2.24) is 15.2 Å². The molecular formula is C26H28N4O4. The maximum absolute atomic E-state index is 12.9. The largest absolute Gasteiger partial charge is 0.489 e. The zero-order valence-corrected chi connectivity index (χ0v) is 19.4. The van der Waals surface area contributed by atoms with E-state index in [1.807, 2.05) is 44.2 Å². The highest BCUT2D eigenvalue weighted by Gasteiger charge is 2.48. The number of hydrogen-bond acceptors (Lipinski definition) is 6. The summed E-state index contributed by atoms with van der Waals surface area (Å²) in [6, 6.07) is 9.74. The van der Waals surface area contributed by atoms with E-state index in [1.54, 1.807) is 23.4 Å². The van der Waals surface area contributed by atoms with Gasteiger partial charge in [-0.25, -0.2) is 4.79 Å². The monoisotopic (exact) mass is 460 g/mol. The average Bonchev–Trinajstić information content (AvgIpc) is 3.46. The number of cyclic esters (lactones) is 1. The van der Waals surface area contributed by atoms with E-state index in [4.69, 9.17) is 9.47 Å². The second kappa shape index (κ2) is 8.93. The molecule has 3 aliphatic heterocycles. The maximum atomic E-state index is 12.9. The summed E-state index contributed by atoms with van der Waals surface area (Å²) in [6.07, 6.45) is 6.46. The topological polar surface area (TPSA) is 93.1 Å². The number of fused-ring (bicyclic) bond motifs is 1. The van der Waals surface area contributed by atoms with Crippen molar-refractivity contribution in [2.24, 2.45) is 4.99 Å². The first-order valence-electron chi connectivity index (χ1n) is 11.6. The van der Waals surface area contributed by atoms with E-state index < -0.39 is 0 Å². The van der Waals surface area contributed by atoms with Crippen LogP contribution in [0.3, 0.4) is 0 Å².